The molecular weight excluding hydrogens is 292 g/mol. The van der Waals surface area contributed by atoms with Crippen molar-refractivity contribution in [1.82, 2.24) is 4.90 Å². The normalized spacial score (nSPS) is 28.7. The third-order valence-electron chi connectivity index (χ3n) is 4.95. The second-order valence-corrected chi connectivity index (χ2v) is 6.66. The number of methoxy groups -OCH3 is 1. The van der Waals surface area contributed by atoms with E-state index in [0.29, 0.717) is 18.6 Å². The van der Waals surface area contributed by atoms with E-state index in [1.165, 1.54) is 5.56 Å². The van der Waals surface area contributed by atoms with Crippen LogP contribution in [0.1, 0.15) is 30.9 Å². The SMILES string of the molecule is COc1ccc(C2CC(CN)CN2C)cc1OC1CCCOC1. The van der Waals surface area contributed by atoms with E-state index in [2.05, 4.69) is 24.1 Å². The fraction of sp³-hybridized carbons (Fsp3) is 0.667. The number of likely N-dealkylation sites (tertiary alicyclic amines) is 1. The lowest BCUT2D eigenvalue weighted by Crippen LogP contribution is -2.28. The molecule has 2 aliphatic heterocycles. The lowest BCUT2D eigenvalue weighted by molar-refractivity contribution is 0.00637. The molecule has 2 heterocycles. The summed E-state index contributed by atoms with van der Waals surface area (Å²) < 4.78 is 17.2. The summed E-state index contributed by atoms with van der Waals surface area (Å²) in [6, 6.07) is 6.69. The molecule has 2 N–H and O–H groups in total. The van der Waals surface area contributed by atoms with Gasteiger partial charge in [-0.05, 0) is 56.5 Å². The minimum atomic E-state index is 0.117. The molecule has 3 rings (SSSR count). The van der Waals surface area contributed by atoms with Gasteiger partial charge in [0, 0.05) is 19.2 Å². The van der Waals surface area contributed by atoms with Crippen LogP contribution in [0.15, 0.2) is 18.2 Å². The van der Waals surface area contributed by atoms with Crippen LogP contribution in [0.4, 0.5) is 0 Å². The van der Waals surface area contributed by atoms with E-state index >= 15 is 0 Å². The van der Waals surface area contributed by atoms with Gasteiger partial charge < -0.3 is 19.9 Å². The molecule has 0 aliphatic carbocycles. The summed E-state index contributed by atoms with van der Waals surface area (Å²) >= 11 is 0. The molecule has 0 saturated carbocycles. The van der Waals surface area contributed by atoms with Crippen molar-refractivity contribution in [1.29, 1.82) is 0 Å². The molecule has 2 fully saturated rings. The van der Waals surface area contributed by atoms with Crippen molar-refractivity contribution in [3.8, 4) is 11.5 Å². The maximum Gasteiger partial charge on any atom is 0.162 e. The van der Waals surface area contributed by atoms with Crippen LogP contribution >= 0.6 is 0 Å². The Bertz CT molecular complexity index is 517. The molecule has 3 atom stereocenters. The van der Waals surface area contributed by atoms with Crippen LogP contribution < -0.4 is 15.2 Å². The summed E-state index contributed by atoms with van der Waals surface area (Å²) in [6.07, 6.45) is 3.30. The monoisotopic (exact) mass is 320 g/mol. The van der Waals surface area contributed by atoms with Crippen LogP contribution in [0.3, 0.4) is 0 Å². The van der Waals surface area contributed by atoms with Gasteiger partial charge in [0.25, 0.3) is 0 Å². The second-order valence-electron chi connectivity index (χ2n) is 6.66. The predicted octanol–water partition coefficient (Wildman–Crippen LogP) is 2.20. The third-order valence-corrected chi connectivity index (χ3v) is 4.95. The van der Waals surface area contributed by atoms with Gasteiger partial charge in [-0.25, -0.2) is 0 Å². The fourth-order valence-corrected chi connectivity index (χ4v) is 3.64. The van der Waals surface area contributed by atoms with Crippen LogP contribution in [-0.2, 0) is 4.74 Å². The Kier molecular flexibility index (Phi) is 5.41. The highest BCUT2D eigenvalue weighted by Crippen LogP contribution is 2.38. The molecule has 0 bridgehead atoms. The van der Waals surface area contributed by atoms with Gasteiger partial charge >= 0.3 is 0 Å². The van der Waals surface area contributed by atoms with Gasteiger partial charge in [0.05, 0.1) is 13.7 Å². The first-order chi connectivity index (χ1) is 11.2. The molecule has 0 spiro atoms. The number of nitrogens with two attached hydrogens (primary N) is 1. The maximum atomic E-state index is 6.17. The summed E-state index contributed by atoms with van der Waals surface area (Å²) in [5, 5.41) is 0. The van der Waals surface area contributed by atoms with E-state index in [9.17, 15) is 0 Å². The number of rotatable bonds is 5. The predicted molar refractivity (Wildman–Crippen MR) is 90.0 cm³/mol. The summed E-state index contributed by atoms with van der Waals surface area (Å²) in [5.74, 6) is 2.18. The van der Waals surface area contributed by atoms with Gasteiger partial charge in [-0.1, -0.05) is 6.07 Å². The smallest absolute Gasteiger partial charge is 0.162 e. The summed E-state index contributed by atoms with van der Waals surface area (Å²) in [4.78, 5) is 2.38. The topological polar surface area (TPSA) is 57.0 Å². The Morgan fingerprint density at radius 3 is 2.87 bits per heavy atom. The molecule has 2 saturated heterocycles. The molecule has 5 nitrogen and oxygen atoms in total. The summed E-state index contributed by atoms with van der Waals surface area (Å²) in [6.45, 7) is 3.30. The van der Waals surface area contributed by atoms with Crippen molar-refractivity contribution in [3.63, 3.8) is 0 Å². The number of hydrogen-bond acceptors (Lipinski definition) is 5. The molecule has 0 radical (unpaired) electrons. The zero-order valence-electron chi connectivity index (χ0n) is 14.2. The number of ether oxygens (including phenoxy) is 3. The Balaban J connectivity index is 1.78. The van der Waals surface area contributed by atoms with Crippen LogP contribution in [-0.4, -0.2) is 51.5 Å². The lowest BCUT2D eigenvalue weighted by Gasteiger charge is -2.26. The van der Waals surface area contributed by atoms with Gasteiger partial charge in [-0.15, -0.1) is 0 Å². The van der Waals surface area contributed by atoms with Crippen molar-refractivity contribution in [3.05, 3.63) is 23.8 Å². The fourth-order valence-electron chi connectivity index (χ4n) is 3.64. The molecule has 1 aromatic carbocycles. The van der Waals surface area contributed by atoms with Crippen molar-refractivity contribution in [2.75, 3.05) is 40.5 Å². The zero-order chi connectivity index (χ0) is 16.2. The van der Waals surface area contributed by atoms with E-state index < -0.39 is 0 Å². The van der Waals surface area contributed by atoms with Crippen LogP contribution in [0.5, 0.6) is 11.5 Å². The first kappa shape index (κ1) is 16.6. The Labute approximate surface area is 138 Å². The van der Waals surface area contributed by atoms with Gasteiger partial charge in [-0.2, -0.15) is 0 Å². The molecule has 2 aliphatic rings. The Morgan fingerprint density at radius 2 is 2.22 bits per heavy atom. The van der Waals surface area contributed by atoms with Crippen LogP contribution in [0.25, 0.3) is 0 Å². The molecule has 128 valence electrons. The first-order valence-electron chi connectivity index (χ1n) is 8.54. The van der Waals surface area contributed by atoms with E-state index in [-0.39, 0.29) is 6.10 Å². The number of hydrogen-bond donors (Lipinski definition) is 1. The number of benzene rings is 1. The standard InChI is InChI=1S/C18H28N2O3/c1-20-11-13(10-19)8-16(20)14-5-6-17(21-2)18(9-14)23-15-4-3-7-22-12-15/h5-6,9,13,15-16H,3-4,7-8,10-12,19H2,1-2H3. The van der Waals surface area contributed by atoms with Crippen molar-refractivity contribution >= 4 is 0 Å². The lowest BCUT2D eigenvalue weighted by atomic mass is 9.99. The van der Waals surface area contributed by atoms with Crippen molar-refractivity contribution in [2.45, 2.75) is 31.4 Å². The first-order valence-corrected chi connectivity index (χ1v) is 8.54. The maximum absolute atomic E-state index is 6.17. The Hall–Kier alpha value is -1.30. The van der Waals surface area contributed by atoms with E-state index in [1.54, 1.807) is 7.11 Å². The summed E-state index contributed by atoms with van der Waals surface area (Å²) in [7, 11) is 3.85. The summed E-state index contributed by atoms with van der Waals surface area (Å²) in [5.41, 5.74) is 7.12. The van der Waals surface area contributed by atoms with E-state index in [0.717, 1.165) is 50.5 Å². The average molecular weight is 320 g/mol. The Morgan fingerprint density at radius 1 is 1.35 bits per heavy atom. The quantitative estimate of drug-likeness (QED) is 0.901. The molecule has 0 aromatic heterocycles. The largest absolute Gasteiger partial charge is 0.493 e. The van der Waals surface area contributed by atoms with E-state index in [1.807, 2.05) is 6.07 Å². The molecule has 23 heavy (non-hydrogen) atoms. The number of nitrogens with zero attached hydrogens (tertiary/aromatic N) is 1. The van der Waals surface area contributed by atoms with Gasteiger partial charge in [-0.3, -0.25) is 4.90 Å². The highest BCUT2D eigenvalue weighted by atomic mass is 16.5. The minimum Gasteiger partial charge on any atom is -0.493 e. The second kappa shape index (κ2) is 7.51. The molecular formula is C18H28N2O3. The van der Waals surface area contributed by atoms with Crippen LogP contribution in [0.2, 0.25) is 0 Å². The molecule has 3 unspecified atom stereocenters. The van der Waals surface area contributed by atoms with Gasteiger partial charge in [0.1, 0.15) is 6.10 Å². The molecule has 0 amide bonds. The van der Waals surface area contributed by atoms with Crippen molar-refractivity contribution in [2.24, 2.45) is 11.7 Å². The highest BCUT2D eigenvalue weighted by Gasteiger charge is 2.30. The molecule has 5 heteroatoms. The molecule has 1 aromatic rings. The van der Waals surface area contributed by atoms with Crippen LogP contribution in [0, 0.1) is 5.92 Å². The van der Waals surface area contributed by atoms with Gasteiger partial charge in [0.2, 0.25) is 0 Å². The third kappa shape index (κ3) is 3.79. The highest BCUT2D eigenvalue weighted by molar-refractivity contribution is 5.44. The minimum absolute atomic E-state index is 0.117. The van der Waals surface area contributed by atoms with Gasteiger partial charge in [0.15, 0.2) is 11.5 Å². The van der Waals surface area contributed by atoms with Crippen molar-refractivity contribution < 1.29 is 14.2 Å². The zero-order valence-corrected chi connectivity index (χ0v) is 14.2. The van der Waals surface area contributed by atoms with E-state index in [4.69, 9.17) is 19.9 Å². The average Bonchev–Trinajstić information content (AvgIpc) is 2.97.